The highest BCUT2D eigenvalue weighted by molar-refractivity contribution is 6.09. The van der Waals surface area contributed by atoms with Crippen molar-refractivity contribution in [3.05, 3.63) is 35.4 Å². The molecule has 5 heteroatoms. The van der Waals surface area contributed by atoms with Gasteiger partial charge in [-0.05, 0) is 29.9 Å². The van der Waals surface area contributed by atoms with Crippen molar-refractivity contribution < 1.29 is 23.1 Å². The van der Waals surface area contributed by atoms with Gasteiger partial charge in [0.15, 0.2) is 0 Å². The number of ether oxygens (including phenoxy) is 1. The van der Waals surface area contributed by atoms with Crippen LogP contribution in [0.5, 0.6) is 0 Å². The standard InChI is InChI=1S/C18H22F2O3/c1-5-23-16(22)18(14(21)15(19)20)10-13(18)11-6-8-12(9-7-11)17(2,3)4/h6-9,13,15H,5,10H2,1-4H3. The first-order valence-corrected chi connectivity index (χ1v) is 7.74. The minimum atomic E-state index is -3.17. The molecule has 0 aromatic heterocycles. The van der Waals surface area contributed by atoms with E-state index in [1.165, 1.54) is 0 Å². The van der Waals surface area contributed by atoms with Crippen LogP contribution in [0.25, 0.3) is 0 Å². The molecular formula is C18H22F2O3. The molecule has 0 amide bonds. The van der Waals surface area contributed by atoms with Crippen LogP contribution in [0.1, 0.15) is 51.2 Å². The van der Waals surface area contributed by atoms with Crippen molar-refractivity contribution in [3.63, 3.8) is 0 Å². The second kappa shape index (κ2) is 6.02. The number of carbonyl (C=O) groups excluding carboxylic acids is 2. The van der Waals surface area contributed by atoms with Crippen LogP contribution in [-0.2, 0) is 19.7 Å². The maximum atomic E-state index is 12.9. The molecule has 0 heterocycles. The van der Waals surface area contributed by atoms with Crippen molar-refractivity contribution in [1.29, 1.82) is 0 Å². The van der Waals surface area contributed by atoms with E-state index in [-0.39, 0.29) is 18.4 Å². The SMILES string of the molecule is CCOC(=O)C1(C(=O)C(F)F)CC1c1ccc(C(C)(C)C)cc1. The van der Waals surface area contributed by atoms with Crippen molar-refractivity contribution in [3.8, 4) is 0 Å². The largest absolute Gasteiger partial charge is 0.465 e. The molecule has 0 bridgehead atoms. The van der Waals surface area contributed by atoms with E-state index in [9.17, 15) is 18.4 Å². The fourth-order valence-electron chi connectivity index (χ4n) is 2.93. The second-order valence-corrected chi connectivity index (χ2v) is 6.99. The number of benzene rings is 1. The molecule has 0 saturated heterocycles. The Morgan fingerprint density at radius 2 is 1.83 bits per heavy atom. The highest BCUT2D eigenvalue weighted by atomic mass is 19.3. The van der Waals surface area contributed by atoms with Crippen molar-refractivity contribution in [2.45, 2.75) is 51.9 Å². The van der Waals surface area contributed by atoms with Gasteiger partial charge in [0, 0.05) is 5.92 Å². The highest BCUT2D eigenvalue weighted by Crippen LogP contribution is 2.61. The van der Waals surface area contributed by atoms with Crippen LogP contribution in [0.15, 0.2) is 24.3 Å². The summed E-state index contributed by atoms with van der Waals surface area (Å²) in [6, 6.07) is 7.45. The maximum Gasteiger partial charge on any atom is 0.320 e. The summed E-state index contributed by atoms with van der Waals surface area (Å²) >= 11 is 0. The topological polar surface area (TPSA) is 43.4 Å². The first-order chi connectivity index (χ1) is 10.6. The van der Waals surface area contributed by atoms with Crippen LogP contribution in [0.2, 0.25) is 0 Å². The fourth-order valence-corrected chi connectivity index (χ4v) is 2.93. The lowest BCUT2D eigenvalue weighted by atomic mass is 9.86. The number of carbonyl (C=O) groups is 2. The zero-order valence-corrected chi connectivity index (χ0v) is 13.9. The van der Waals surface area contributed by atoms with Gasteiger partial charge in [0.25, 0.3) is 6.43 Å². The summed E-state index contributed by atoms with van der Waals surface area (Å²) in [7, 11) is 0. The summed E-state index contributed by atoms with van der Waals surface area (Å²) in [5.41, 5.74) is 0.0795. The Bertz CT molecular complexity index is 602. The first kappa shape index (κ1) is 17.6. The Hall–Kier alpha value is -1.78. The van der Waals surface area contributed by atoms with Crippen LogP contribution in [-0.4, -0.2) is 24.8 Å². The van der Waals surface area contributed by atoms with Gasteiger partial charge < -0.3 is 4.74 Å². The van der Waals surface area contributed by atoms with E-state index in [1.54, 1.807) is 6.92 Å². The minimum Gasteiger partial charge on any atom is -0.465 e. The number of alkyl halides is 2. The number of hydrogen-bond acceptors (Lipinski definition) is 3. The van der Waals surface area contributed by atoms with Gasteiger partial charge in [0.2, 0.25) is 5.78 Å². The van der Waals surface area contributed by atoms with E-state index in [1.807, 2.05) is 24.3 Å². The molecule has 1 aromatic rings. The first-order valence-electron chi connectivity index (χ1n) is 7.74. The maximum absolute atomic E-state index is 12.9. The molecule has 1 aliphatic rings. The van der Waals surface area contributed by atoms with E-state index in [2.05, 4.69) is 20.8 Å². The smallest absolute Gasteiger partial charge is 0.320 e. The van der Waals surface area contributed by atoms with Gasteiger partial charge in [-0.15, -0.1) is 0 Å². The number of rotatable bonds is 5. The summed E-state index contributed by atoms with van der Waals surface area (Å²) in [6.07, 6.45) is -3.08. The molecule has 1 saturated carbocycles. The van der Waals surface area contributed by atoms with Crippen LogP contribution in [0.3, 0.4) is 0 Å². The number of hydrogen-bond donors (Lipinski definition) is 0. The summed E-state index contributed by atoms with van der Waals surface area (Å²) in [4.78, 5) is 24.0. The van der Waals surface area contributed by atoms with Crippen molar-refractivity contribution in [2.24, 2.45) is 5.41 Å². The van der Waals surface area contributed by atoms with Gasteiger partial charge in [0.1, 0.15) is 5.41 Å². The molecule has 126 valence electrons. The van der Waals surface area contributed by atoms with E-state index < -0.39 is 29.5 Å². The van der Waals surface area contributed by atoms with Crippen LogP contribution in [0.4, 0.5) is 8.78 Å². The Labute approximate surface area is 135 Å². The third-order valence-corrected chi connectivity index (χ3v) is 4.42. The molecule has 3 nitrogen and oxygen atoms in total. The molecule has 0 N–H and O–H groups in total. The monoisotopic (exact) mass is 324 g/mol. The predicted octanol–water partition coefficient (Wildman–Crippen LogP) is 3.86. The third-order valence-electron chi connectivity index (χ3n) is 4.42. The molecule has 0 radical (unpaired) electrons. The van der Waals surface area contributed by atoms with Crippen LogP contribution in [0, 0.1) is 5.41 Å². The molecule has 1 aromatic carbocycles. The number of ketones is 1. The van der Waals surface area contributed by atoms with Crippen LogP contribution >= 0.6 is 0 Å². The number of halogens is 2. The van der Waals surface area contributed by atoms with Gasteiger partial charge in [-0.2, -0.15) is 0 Å². The molecule has 23 heavy (non-hydrogen) atoms. The Morgan fingerprint density at radius 3 is 2.26 bits per heavy atom. The molecule has 0 spiro atoms. The number of esters is 1. The normalized spacial score (nSPS) is 23.7. The lowest BCUT2D eigenvalue weighted by molar-refractivity contribution is -0.157. The van der Waals surface area contributed by atoms with Crippen molar-refractivity contribution in [2.75, 3.05) is 6.61 Å². The van der Waals surface area contributed by atoms with Gasteiger partial charge in [-0.1, -0.05) is 45.0 Å². The number of Topliss-reactive ketones (excluding diaryl/α,β-unsaturated/α-hetero) is 1. The lowest BCUT2D eigenvalue weighted by Gasteiger charge is -2.19. The molecule has 1 aliphatic carbocycles. The van der Waals surface area contributed by atoms with Crippen molar-refractivity contribution in [1.82, 2.24) is 0 Å². The second-order valence-electron chi connectivity index (χ2n) is 6.99. The van der Waals surface area contributed by atoms with E-state index in [0.717, 1.165) is 11.1 Å². The van der Waals surface area contributed by atoms with Gasteiger partial charge in [0.05, 0.1) is 6.61 Å². The summed E-state index contributed by atoms with van der Waals surface area (Å²) in [5, 5.41) is 0. The Morgan fingerprint density at radius 1 is 1.26 bits per heavy atom. The quantitative estimate of drug-likeness (QED) is 0.610. The zero-order chi connectivity index (χ0) is 17.4. The molecule has 1 fully saturated rings. The third kappa shape index (κ3) is 3.14. The van der Waals surface area contributed by atoms with Gasteiger partial charge in [-0.3, -0.25) is 9.59 Å². The van der Waals surface area contributed by atoms with Gasteiger partial charge >= 0.3 is 5.97 Å². The lowest BCUT2D eigenvalue weighted by Crippen LogP contribution is -2.34. The minimum absolute atomic E-state index is 0.0287. The Kier molecular flexibility index (Phi) is 4.60. The van der Waals surface area contributed by atoms with E-state index in [4.69, 9.17) is 4.74 Å². The summed E-state index contributed by atoms with van der Waals surface area (Å²) < 4.78 is 30.7. The molecule has 2 atom stereocenters. The summed E-state index contributed by atoms with van der Waals surface area (Å²) in [5.74, 6) is -2.70. The molecule has 0 aliphatic heterocycles. The fraction of sp³-hybridized carbons (Fsp3) is 0.556. The zero-order valence-electron chi connectivity index (χ0n) is 13.9. The average Bonchev–Trinajstić information content (AvgIpc) is 3.22. The summed E-state index contributed by atoms with van der Waals surface area (Å²) in [6.45, 7) is 7.87. The van der Waals surface area contributed by atoms with Crippen LogP contribution < -0.4 is 0 Å². The molecule has 2 unspecified atom stereocenters. The van der Waals surface area contributed by atoms with E-state index in [0.29, 0.717) is 0 Å². The van der Waals surface area contributed by atoms with Gasteiger partial charge in [-0.25, -0.2) is 8.78 Å². The molecule has 2 rings (SSSR count). The average molecular weight is 324 g/mol. The Balaban J connectivity index is 2.30. The van der Waals surface area contributed by atoms with E-state index >= 15 is 0 Å². The molecular weight excluding hydrogens is 302 g/mol. The predicted molar refractivity (Wildman–Crippen MR) is 82.6 cm³/mol. The van der Waals surface area contributed by atoms with Crippen molar-refractivity contribution >= 4 is 11.8 Å². The highest BCUT2D eigenvalue weighted by Gasteiger charge is 2.68.